The van der Waals surface area contributed by atoms with E-state index in [4.69, 9.17) is 4.74 Å². The van der Waals surface area contributed by atoms with Crippen molar-refractivity contribution in [1.29, 1.82) is 0 Å². The van der Waals surface area contributed by atoms with Crippen LogP contribution in [0.1, 0.15) is 128 Å². The number of ether oxygens (including phenoxy) is 1. The molecule has 3 aliphatic rings. The molecule has 0 aromatic heterocycles. The van der Waals surface area contributed by atoms with Crippen LogP contribution in [0, 0.1) is 5.92 Å². The molecule has 212 valence electrons. The number of hydrogen-bond donors (Lipinski definition) is 1. The van der Waals surface area contributed by atoms with Crippen LogP contribution in [0.2, 0.25) is 0 Å². The molecule has 0 heterocycles. The van der Waals surface area contributed by atoms with Crippen molar-refractivity contribution >= 4 is 5.57 Å². The van der Waals surface area contributed by atoms with Gasteiger partial charge in [-0.05, 0) is 99.1 Å². The number of hydrogen-bond acceptors (Lipinski definition) is 2. The molecule has 2 heteroatoms. The Labute approximate surface area is 238 Å². The fourth-order valence-corrected chi connectivity index (χ4v) is 7.60. The summed E-state index contributed by atoms with van der Waals surface area (Å²) < 4.78 is 6.70. The Bertz CT molecular complexity index is 1290. The van der Waals surface area contributed by atoms with E-state index in [1.807, 2.05) is 0 Å². The lowest BCUT2D eigenvalue weighted by molar-refractivity contribution is -0.00482. The molecule has 0 amide bonds. The van der Waals surface area contributed by atoms with Crippen LogP contribution in [-0.4, -0.2) is 24.4 Å². The topological polar surface area (TPSA) is 29.5 Å². The first-order valence-corrected chi connectivity index (χ1v) is 15.2. The molecular formula is C37H52O2. The predicted octanol–water partition coefficient (Wildman–Crippen LogP) is 8.75. The number of benzene rings is 2. The minimum absolute atomic E-state index is 0.0428. The smallest absolute Gasteiger partial charge is 0.0679 e. The maximum absolute atomic E-state index is 9.73. The average Bonchev–Trinajstić information content (AvgIpc) is 3.56. The van der Waals surface area contributed by atoms with Crippen molar-refractivity contribution < 1.29 is 9.84 Å². The number of aliphatic hydroxyl groups is 1. The van der Waals surface area contributed by atoms with Crippen molar-refractivity contribution in [2.75, 3.05) is 13.2 Å². The van der Waals surface area contributed by atoms with E-state index in [0.29, 0.717) is 12.5 Å². The van der Waals surface area contributed by atoms with Gasteiger partial charge in [0.2, 0.25) is 0 Å². The summed E-state index contributed by atoms with van der Waals surface area (Å²) in [5.74, 6) is 0.397. The van der Waals surface area contributed by atoms with Crippen LogP contribution in [0.4, 0.5) is 0 Å². The molecule has 5 rings (SSSR count). The highest BCUT2D eigenvalue weighted by atomic mass is 16.5. The molecule has 0 spiro atoms. The van der Waals surface area contributed by atoms with Crippen LogP contribution in [-0.2, 0) is 31.8 Å². The minimum Gasteiger partial charge on any atom is -0.396 e. The molecule has 2 nitrogen and oxygen atoms in total. The van der Waals surface area contributed by atoms with Crippen LogP contribution in [0.25, 0.3) is 5.57 Å². The van der Waals surface area contributed by atoms with Gasteiger partial charge in [0.05, 0.1) is 12.7 Å². The van der Waals surface area contributed by atoms with E-state index in [1.165, 1.54) is 51.8 Å². The summed E-state index contributed by atoms with van der Waals surface area (Å²) in [6, 6.07) is 14.3. The molecule has 2 aromatic rings. The third-order valence-corrected chi connectivity index (χ3v) is 11.2. The van der Waals surface area contributed by atoms with Crippen molar-refractivity contribution in [2.24, 2.45) is 5.92 Å². The first kappa shape index (κ1) is 28.6. The Morgan fingerprint density at radius 1 is 0.795 bits per heavy atom. The summed E-state index contributed by atoms with van der Waals surface area (Å²) in [5.41, 5.74) is 10.5. The van der Waals surface area contributed by atoms with E-state index in [-0.39, 0.29) is 39.8 Å². The van der Waals surface area contributed by atoms with Gasteiger partial charge in [-0.3, -0.25) is 0 Å². The van der Waals surface area contributed by atoms with Crippen LogP contribution in [0.3, 0.4) is 0 Å². The molecule has 2 aromatic carbocycles. The number of aliphatic hydroxyl groups excluding tert-OH is 1. The summed E-state index contributed by atoms with van der Waals surface area (Å²) in [6.07, 6.45) is 7.01. The first-order chi connectivity index (χ1) is 18.0. The molecule has 1 saturated carbocycles. The fourth-order valence-electron chi connectivity index (χ4n) is 7.60. The molecule has 0 aliphatic heterocycles. The SMILES string of the molecule is C/C(=C/COC1CC(C)(C)c2cc([C@@]3(C)C[C@H]3CO)ccc2C1(C)C)c1ccc2c(c1)C(C)(C)CCC2(C)C. The Kier molecular flexibility index (Phi) is 6.84. The Morgan fingerprint density at radius 3 is 2.05 bits per heavy atom. The molecule has 1 unspecified atom stereocenters. The van der Waals surface area contributed by atoms with Gasteiger partial charge < -0.3 is 9.84 Å². The van der Waals surface area contributed by atoms with Gasteiger partial charge in [0, 0.05) is 12.0 Å². The fraction of sp³-hybridized carbons (Fsp3) is 0.622. The zero-order valence-corrected chi connectivity index (χ0v) is 26.3. The minimum atomic E-state index is -0.0621. The molecule has 0 saturated heterocycles. The summed E-state index contributed by atoms with van der Waals surface area (Å²) in [7, 11) is 0. The second-order valence-corrected chi connectivity index (χ2v) is 15.8. The van der Waals surface area contributed by atoms with Crippen molar-refractivity contribution in [3.8, 4) is 0 Å². The van der Waals surface area contributed by atoms with Crippen LogP contribution in [0.5, 0.6) is 0 Å². The highest BCUT2D eigenvalue weighted by Gasteiger charge is 2.52. The van der Waals surface area contributed by atoms with E-state index in [1.54, 1.807) is 0 Å². The lowest BCUT2D eigenvalue weighted by atomic mass is 9.61. The van der Waals surface area contributed by atoms with Gasteiger partial charge in [-0.15, -0.1) is 0 Å². The van der Waals surface area contributed by atoms with Gasteiger partial charge >= 0.3 is 0 Å². The zero-order valence-electron chi connectivity index (χ0n) is 26.3. The highest BCUT2D eigenvalue weighted by Crippen LogP contribution is 2.56. The van der Waals surface area contributed by atoms with E-state index in [0.717, 1.165) is 12.8 Å². The standard InChI is InChI=1S/C37H52O2/c1-24(25-11-13-28-30(19-25)34(4,5)17-16-33(28,2)3)15-18-39-32-22-35(6,7)31-20-26(37(10)21-27(37)23-38)12-14-29(31)36(32,8)9/h11-15,19-20,27,32,38H,16-18,21-23H2,1-10H3/b24-15-/t27-,32?,37+/m0/s1. The lowest BCUT2D eigenvalue weighted by Gasteiger charge is -2.47. The maximum atomic E-state index is 9.73. The summed E-state index contributed by atoms with van der Waals surface area (Å²) in [6.45, 7) is 24.5. The highest BCUT2D eigenvalue weighted by molar-refractivity contribution is 5.66. The van der Waals surface area contributed by atoms with Crippen molar-refractivity contribution in [1.82, 2.24) is 0 Å². The van der Waals surface area contributed by atoms with Crippen LogP contribution < -0.4 is 0 Å². The molecule has 3 atom stereocenters. The maximum Gasteiger partial charge on any atom is 0.0679 e. The van der Waals surface area contributed by atoms with E-state index in [2.05, 4.69) is 112 Å². The monoisotopic (exact) mass is 528 g/mol. The average molecular weight is 529 g/mol. The molecule has 0 bridgehead atoms. The van der Waals surface area contributed by atoms with Gasteiger partial charge in [0.25, 0.3) is 0 Å². The molecule has 1 N–H and O–H groups in total. The largest absolute Gasteiger partial charge is 0.396 e. The second-order valence-electron chi connectivity index (χ2n) is 15.8. The molecule has 39 heavy (non-hydrogen) atoms. The third kappa shape index (κ3) is 4.84. The summed E-state index contributed by atoms with van der Waals surface area (Å²) >= 11 is 0. The Morgan fingerprint density at radius 2 is 1.41 bits per heavy atom. The van der Waals surface area contributed by atoms with Gasteiger partial charge in [0.15, 0.2) is 0 Å². The summed E-state index contributed by atoms with van der Waals surface area (Å²) in [5, 5.41) is 9.73. The third-order valence-electron chi connectivity index (χ3n) is 11.2. The van der Waals surface area contributed by atoms with E-state index < -0.39 is 0 Å². The summed E-state index contributed by atoms with van der Waals surface area (Å²) in [4.78, 5) is 0. The molecule has 1 fully saturated rings. The van der Waals surface area contributed by atoms with E-state index in [9.17, 15) is 5.11 Å². The number of rotatable bonds is 6. The Balaban J connectivity index is 1.35. The molecule has 3 aliphatic carbocycles. The van der Waals surface area contributed by atoms with Gasteiger partial charge in [-0.1, -0.05) is 105 Å². The van der Waals surface area contributed by atoms with E-state index >= 15 is 0 Å². The van der Waals surface area contributed by atoms with Crippen LogP contribution >= 0.6 is 0 Å². The van der Waals surface area contributed by atoms with Crippen molar-refractivity contribution in [2.45, 2.75) is 128 Å². The Hall–Kier alpha value is -1.90. The first-order valence-electron chi connectivity index (χ1n) is 15.2. The zero-order chi connectivity index (χ0) is 28.6. The number of fused-ring (bicyclic) bond motifs is 2. The number of allylic oxidation sites excluding steroid dienone is 1. The normalized spacial score (nSPS) is 29.9. The quantitative estimate of drug-likeness (QED) is 0.406. The predicted molar refractivity (Wildman–Crippen MR) is 165 cm³/mol. The van der Waals surface area contributed by atoms with Crippen LogP contribution in [0.15, 0.2) is 42.5 Å². The molecule has 0 radical (unpaired) electrons. The van der Waals surface area contributed by atoms with Crippen molar-refractivity contribution in [3.63, 3.8) is 0 Å². The molecular weight excluding hydrogens is 476 g/mol. The van der Waals surface area contributed by atoms with Gasteiger partial charge in [0.1, 0.15) is 0 Å². The second kappa shape index (κ2) is 9.31. The lowest BCUT2D eigenvalue weighted by Crippen LogP contribution is -2.46. The van der Waals surface area contributed by atoms with Gasteiger partial charge in [-0.25, -0.2) is 0 Å². The van der Waals surface area contributed by atoms with Gasteiger partial charge in [-0.2, -0.15) is 0 Å². The van der Waals surface area contributed by atoms with Crippen molar-refractivity contribution in [3.05, 3.63) is 75.9 Å².